The van der Waals surface area contributed by atoms with Crippen LogP contribution < -0.4 is 10.6 Å². The van der Waals surface area contributed by atoms with Crippen LogP contribution in [-0.2, 0) is 14.3 Å². The lowest BCUT2D eigenvalue weighted by Gasteiger charge is -2.11. The highest BCUT2D eigenvalue weighted by molar-refractivity contribution is 7.99. The summed E-state index contributed by atoms with van der Waals surface area (Å²) in [4.78, 5) is 37.8. The van der Waals surface area contributed by atoms with Crippen LogP contribution in [-0.4, -0.2) is 24.4 Å². The summed E-state index contributed by atoms with van der Waals surface area (Å²) in [5.74, 6) is -1.60. The van der Waals surface area contributed by atoms with Gasteiger partial charge in [0.25, 0.3) is 5.91 Å². The number of carbonyl (C=O) groups is 3. The highest BCUT2D eigenvalue weighted by atomic mass is 35.5. The van der Waals surface area contributed by atoms with E-state index in [1.807, 2.05) is 24.3 Å². The maximum absolute atomic E-state index is 12.3. The minimum atomic E-state index is -0.677. The van der Waals surface area contributed by atoms with Crippen molar-refractivity contribution in [3.8, 4) is 6.07 Å². The Bertz CT molecular complexity index is 1190. The zero-order valence-corrected chi connectivity index (χ0v) is 18.8. The first-order chi connectivity index (χ1) is 15.9. The zero-order valence-electron chi connectivity index (χ0n) is 17.2. The van der Waals surface area contributed by atoms with Gasteiger partial charge in [-0.3, -0.25) is 9.59 Å². The number of benzene rings is 3. The Balaban J connectivity index is 1.54. The Kier molecular flexibility index (Phi) is 8.47. The van der Waals surface area contributed by atoms with Gasteiger partial charge in [0.1, 0.15) is 6.42 Å². The first-order valence-electron chi connectivity index (χ1n) is 9.71. The average Bonchev–Trinajstić information content (AvgIpc) is 2.81. The van der Waals surface area contributed by atoms with Gasteiger partial charge in [-0.15, -0.1) is 0 Å². The first-order valence-corrected chi connectivity index (χ1v) is 10.9. The Morgan fingerprint density at radius 2 is 1.61 bits per heavy atom. The molecular formula is C24H18ClN3O4S. The van der Waals surface area contributed by atoms with Crippen molar-refractivity contribution >= 4 is 52.5 Å². The molecule has 0 radical (unpaired) electrons. The molecule has 0 aliphatic carbocycles. The highest BCUT2D eigenvalue weighted by Gasteiger charge is 2.13. The molecule has 3 aromatic rings. The van der Waals surface area contributed by atoms with E-state index in [-0.39, 0.29) is 12.0 Å². The van der Waals surface area contributed by atoms with Crippen LogP contribution in [0.5, 0.6) is 0 Å². The molecule has 9 heteroatoms. The maximum Gasteiger partial charge on any atom is 0.338 e. The van der Waals surface area contributed by atoms with E-state index < -0.39 is 24.4 Å². The van der Waals surface area contributed by atoms with Crippen LogP contribution in [0.1, 0.15) is 16.8 Å². The smallest absolute Gasteiger partial charge is 0.338 e. The number of hydrogen-bond acceptors (Lipinski definition) is 6. The largest absolute Gasteiger partial charge is 0.452 e. The van der Waals surface area contributed by atoms with Gasteiger partial charge in [0.15, 0.2) is 6.61 Å². The average molecular weight is 480 g/mol. The van der Waals surface area contributed by atoms with E-state index in [4.69, 9.17) is 21.6 Å². The lowest BCUT2D eigenvalue weighted by molar-refractivity contribution is -0.119. The Morgan fingerprint density at radius 3 is 2.30 bits per heavy atom. The Hall–Kier alpha value is -3.80. The molecule has 0 saturated heterocycles. The molecule has 166 valence electrons. The van der Waals surface area contributed by atoms with Crippen molar-refractivity contribution in [2.75, 3.05) is 17.2 Å². The van der Waals surface area contributed by atoms with E-state index >= 15 is 0 Å². The van der Waals surface area contributed by atoms with E-state index in [1.54, 1.807) is 30.3 Å². The van der Waals surface area contributed by atoms with Gasteiger partial charge in [-0.05, 0) is 60.7 Å². The number of ether oxygens (including phenoxy) is 1. The molecule has 0 aromatic heterocycles. The number of amides is 2. The van der Waals surface area contributed by atoms with Gasteiger partial charge in [0.05, 0.1) is 17.3 Å². The SMILES string of the molecule is N#CCC(=O)Nc1ccc(C(=O)OCC(=O)Nc2ccccc2Sc2ccc(Cl)cc2)cc1. The third-order valence-electron chi connectivity index (χ3n) is 4.18. The summed E-state index contributed by atoms with van der Waals surface area (Å²) in [6.45, 7) is -0.459. The molecule has 0 fully saturated rings. The topological polar surface area (TPSA) is 108 Å². The molecule has 0 bridgehead atoms. The van der Waals surface area contributed by atoms with Gasteiger partial charge in [0.2, 0.25) is 5.91 Å². The molecule has 0 atom stereocenters. The van der Waals surface area contributed by atoms with Crippen LogP contribution in [0.15, 0.2) is 82.6 Å². The van der Waals surface area contributed by atoms with E-state index in [0.717, 1.165) is 9.79 Å². The van der Waals surface area contributed by atoms with Crippen molar-refractivity contribution in [2.24, 2.45) is 0 Å². The molecule has 0 aliphatic rings. The first kappa shape index (κ1) is 23.9. The molecule has 7 nitrogen and oxygen atoms in total. The lowest BCUT2D eigenvalue weighted by atomic mass is 10.2. The van der Waals surface area contributed by atoms with Crippen LogP contribution in [0.2, 0.25) is 5.02 Å². The molecule has 0 unspecified atom stereocenters. The van der Waals surface area contributed by atoms with Gasteiger partial charge in [-0.2, -0.15) is 5.26 Å². The molecule has 0 saturated carbocycles. The number of nitriles is 1. The van der Waals surface area contributed by atoms with Crippen molar-refractivity contribution in [3.05, 3.63) is 83.4 Å². The van der Waals surface area contributed by atoms with Crippen molar-refractivity contribution in [2.45, 2.75) is 16.2 Å². The van der Waals surface area contributed by atoms with Crippen LogP contribution in [0.25, 0.3) is 0 Å². The van der Waals surface area contributed by atoms with Crippen LogP contribution in [0.4, 0.5) is 11.4 Å². The summed E-state index contributed by atoms with van der Waals surface area (Å²) < 4.78 is 5.09. The molecule has 0 heterocycles. The monoisotopic (exact) mass is 479 g/mol. The van der Waals surface area contributed by atoms with E-state index in [0.29, 0.717) is 16.4 Å². The molecular weight excluding hydrogens is 462 g/mol. The third kappa shape index (κ3) is 7.38. The number of carbonyl (C=O) groups excluding carboxylic acids is 3. The van der Waals surface area contributed by atoms with Crippen LogP contribution in [0, 0.1) is 11.3 Å². The quantitative estimate of drug-likeness (QED) is 0.433. The standard InChI is InChI=1S/C24H18ClN3O4S/c25-17-7-11-19(12-8-17)33-21-4-2-1-3-20(21)28-23(30)15-32-24(31)16-5-9-18(10-6-16)27-22(29)13-14-26/h1-12H,13,15H2,(H,27,29)(H,28,30). The van der Waals surface area contributed by atoms with Gasteiger partial charge in [-0.1, -0.05) is 35.5 Å². The second kappa shape index (κ2) is 11.7. The summed E-state index contributed by atoms with van der Waals surface area (Å²) in [6.07, 6.45) is -0.264. The number of esters is 1. The van der Waals surface area contributed by atoms with E-state index in [1.165, 1.54) is 36.0 Å². The number of halogens is 1. The Morgan fingerprint density at radius 1 is 0.909 bits per heavy atom. The zero-order chi connectivity index (χ0) is 23.6. The molecule has 33 heavy (non-hydrogen) atoms. The normalized spacial score (nSPS) is 10.1. The summed E-state index contributed by atoms with van der Waals surface area (Å²) in [6, 6.07) is 22.3. The Labute approximate surface area is 199 Å². The minimum Gasteiger partial charge on any atom is -0.452 e. The summed E-state index contributed by atoms with van der Waals surface area (Å²) in [5, 5.41) is 14.4. The molecule has 2 N–H and O–H groups in total. The van der Waals surface area contributed by atoms with E-state index in [2.05, 4.69) is 10.6 Å². The van der Waals surface area contributed by atoms with Gasteiger partial charge >= 0.3 is 5.97 Å². The number of nitrogens with zero attached hydrogens (tertiary/aromatic N) is 1. The highest BCUT2D eigenvalue weighted by Crippen LogP contribution is 2.33. The lowest BCUT2D eigenvalue weighted by Crippen LogP contribution is -2.21. The molecule has 3 rings (SSSR count). The van der Waals surface area contributed by atoms with Crippen molar-refractivity contribution in [1.82, 2.24) is 0 Å². The number of para-hydroxylation sites is 1. The number of rotatable bonds is 8. The van der Waals surface area contributed by atoms with Gasteiger partial charge in [-0.25, -0.2) is 4.79 Å². The molecule has 0 aliphatic heterocycles. The fourth-order valence-electron chi connectivity index (χ4n) is 2.66. The predicted octanol–water partition coefficient (Wildman–Crippen LogP) is 5.14. The second-order valence-corrected chi connectivity index (χ2v) is 8.19. The van der Waals surface area contributed by atoms with Crippen molar-refractivity contribution < 1.29 is 19.1 Å². The number of nitrogens with one attached hydrogen (secondary N) is 2. The van der Waals surface area contributed by atoms with Crippen molar-refractivity contribution in [1.29, 1.82) is 5.26 Å². The third-order valence-corrected chi connectivity index (χ3v) is 5.52. The van der Waals surface area contributed by atoms with E-state index in [9.17, 15) is 14.4 Å². The van der Waals surface area contributed by atoms with Crippen molar-refractivity contribution in [3.63, 3.8) is 0 Å². The second-order valence-electron chi connectivity index (χ2n) is 6.64. The van der Waals surface area contributed by atoms with Gasteiger partial charge < -0.3 is 15.4 Å². The molecule has 2 amide bonds. The fraction of sp³-hybridized carbons (Fsp3) is 0.0833. The predicted molar refractivity (Wildman–Crippen MR) is 126 cm³/mol. The van der Waals surface area contributed by atoms with Crippen LogP contribution in [0.3, 0.4) is 0 Å². The summed E-state index contributed by atoms with van der Waals surface area (Å²) in [7, 11) is 0. The van der Waals surface area contributed by atoms with Crippen LogP contribution >= 0.6 is 23.4 Å². The maximum atomic E-state index is 12.3. The van der Waals surface area contributed by atoms with Gasteiger partial charge in [0, 0.05) is 20.5 Å². The minimum absolute atomic E-state index is 0.222. The number of anilines is 2. The summed E-state index contributed by atoms with van der Waals surface area (Å²) in [5.41, 5.74) is 1.26. The fourth-order valence-corrected chi connectivity index (χ4v) is 3.68. The molecule has 0 spiro atoms. The number of hydrogen-bond donors (Lipinski definition) is 2. The molecule has 3 aromatic carbocycles. The summed E-state index contributed by atoms with van der Waals surface area (Å²) >= 11 is 7.39.